The fraction of sp³-hybridized carbons (Fsp3) is 0.176. The second-order valence-corrected chi connectivity index (χ2v) is 5.71. The summed E-state index contributed by atoms with van der Waals surface area (Å²) in [5.41, 5.74) is 8.19. The first-order valence-corrected chi connectivity index (χ1v) is 7.24. The van der Waals surface area contributed by atoms with Crippen LogP contribution >= 0.6 is 0 Å². The molecule has 0 radical (unpaired) electrons. The number of para-hydroxylation sites is 1. The predicted octanol–water partition coefficient (Wildman–Crippen LogP) is 3.40. The highest BCUT2D eigenvalue weighted by Gasteiger charge is 2.23. The highest BCUT2D eigenvalue weighted by atomic mass is 15.1. The van der Waals surface area contributed by atoms with E-state index in [9.17, 15) is 0 Å². The molecule has 1 aromatic heterocycles. The molecule has 0 aliphatic carbocycles. The average Bonchev–Trinajstić information content (AvgIpc) is 3.07. The molecule has 2 aromatic rings. The zero-order valence-corrected chi connectivity index (χ0v) is 11.7. The van der Waals surface area contributed by atoms with Gasteiger partial charge in [0.1, 0.15) is 0 Å². The van der Waals surface area contributed by atoms with Gasteiger partial charge in [-0.1, -0.05) is 18.2 Å². The quantitative estimate of drug-likeness (QED) is 0.534. The summed E-state index contributed by atoms with van der Waals surface area (Å²) in [5, 5.41) is 9.80. The number of fused-ring (bicyclic) bond motifs is 6. The van der Waals surface area contributed by atoms with Crippen molar-refractivity contribution in [3.05, 3.63) is 47.8 Å². The summed E-state index contributed by atoms with van der Waals surface area (Å²) in [6, 6.07) is 10.7. The summed E-state index contributed by atoms with van der Waals surface area (Å²) in [7, 11) is 0. The molecule has 0 fully saturated rings. The van der Waals surface area contributed by atoms with Crippen LogP contribution in [-0.2, 0) is 13.0 Å². The number of nitrogens with zero attached hydrogens (tertiary/aromatic N) is 3. The third-order valence-electron chi connectivity index (χ3n) is 4.51. The number of aryl methyl sites for hydroxylation is 3. The molecular formula is C17H14N4. The summed E-state index contributed by atoms with van der Waals surface area (Å²) in [6.45, 7) is 3.02. The molecule has 4 heteroatoms. The fourth-order valence-corrected chi connectivity index (χ4v) is 3.44. The van der Waals surface area contributed by atoms with E-state index in [1.54, 1.807) is 0 Å². The van der Waals surface area contributed by atoms with E-state index in [0.29, 0.717) is 0 Å². The van der Waals surface area contributed by atoms with Gasteiger partial charge < -0.3 is 9.55 Å². The molecule has 0 saturated carbocycles. The van der Waals surface area contributed by atoms with Crippen molar-refractivity contribution in [1.82, 2.24) is 19.7 Å². The Bertz CT molecular complexity index is 960. The van der Waals surface area contributed by atoms with Crippen LogP contribution in [0.3, 0.4) is 0 Å². The molecule has 0 unspecified atom stereocenters. The molecule has 0 atom stereocenters. The van der Waals surface area contributed by atoms with Crippen molar-refractivity contribution in [3.8, 4) is 22.6 Å². The Balaban J connectivity index is 1.86. The molecule has 102 valence electrons. The Hall–Kier alpha value is -2.62. The van der Waals surface area contributed by atoms with Crippen molar-refractivity contribution < 1.29 is 0 Å². The lowest BCUT2D eigenvalue weighted by atomic mass is 10.00. The van der Waals surface area contributed by atoms with Crippen molar-refractivity contribution in [2.75, 3.05) is 0 Å². The monoisotopic (exact) mass is 274 g/mol. The average molecular weight is 274 g/mol. The fourth-order valence-electron chi connectivity index (χ4n) is 3.44. The molecule has 4 heterocycles. The summed E-state index contributed by atoms with van der Waals surface area (Å²) in [5.74, 6) is 0. The molecule has 0 saturated heterocycles. The van der Waals surface area contributed by atoms with Crippen LogP contribution in [0.15, 0.2) is 36.5 Å². The van der Waals surface area contributed by atoms with Gasteiger partial charge >= 0.3 is 0 Å². The van der Waals surface area contributed by atoms with E-state index in [2.05, 4.69) is 56.3 Å². The van der Waals surface area contributed by atoms with Gasteiger partial charge in [0, 0.05) is 29.2 Å². The number of nitrogens with one attached hydrogen (secondary N) is 1. The molecule has 3 aliphatic rings. The molecule has 5 rings (SSSR count). The molecule has 0 bridgehead atoms. The summed E-state index contributed by atoms with van der Waals surface area (Å²) >= 11 is 0. The molecule has 0 spiro atoms. The molecular weight excluding hydrogens is 260 g/mol. The molecule has 0 amide bonds. The van der Waals surface area contributed by atoms with E-state index in [0.717, 1.165) is 29.9 Å². The second-order valence-electron chi connectivity index (χ2n) is 5.71. The van der Waals surface area contributed by atoms with Gasteiger partial charge in [-0.2, -0.15) is 10.2 Å². The SMILES string of the molecule is Cc1nnc2cc3n(cc1-2)CCc1c-3[nH]c2ccccc12. The standard InChI is InChI=1S/C17H14N4/c1-10-13-9-21-7-6-12-11-4-2-3-5-14(11)18-17(12)16(21)8-15(13)20-19-10/h2-5,8-9,18H,6-7H2,1H3. The van der Waals surface area contributed by atoms with Gasteiger partial charge in [0.2, 0.25) is 0 Å². The van der Waals surface area contributed by atoms with Gasteiger partial charge in [-0.05, 0) is 31.0 Å². The summed E-state index contributed by atoms with van der Waals surface area (Å²) in [4.78, 5) is 3.57. The van der Waals surface area contributed by atoms with Crippen molar-refractivity contribution in [2.24, 2.45) is 0 Å². The number of pyridine rings is 1. The van der Waals surface area contributed by atoms with E-state index >= 15 is 0 Å². The van der Waals surface area contributed by atoms with Gasteiger partial charge in [0.25, 0.3) is 0 Å². The van der Waals surface area contributed by atoms with Crippen molar-refractivity contribution >= 4 is 10.9 Å². The maximum absolute atomic E-state index is 4.28. The van der Waals surface area contributed by atoms with Crippen LogP contribution in [0, 0.1) is 6.92 Å². The lowest BCUT2D eigenvalue weighted by Crippen LogP contribution is -2.12. The lowest BCUT2D eigenvalue weighted by Gasteiger charge is -2.21. The Morgan fingerprint density at radius 2 is 2.10 bits per heavy atom. The number of benzene rings is 1. The number of aromatic nitrogens is 4. The highest BCUT2D eigenvalue weighted by molar-refractivity contribution is 5.91. The van der Waals surface area contributed by atoms with Crippen LogP contribution in [0.5, 0.6) is 0 Å². The van der Waals surface area contributed by atoms with Crippen LogP contribution in [0.4, 0.5) is 0 Å². The van der Waals surface area contributed by atoms with Crippen LogP contribution in [0.1, 0.15) is 11.3 Å². The predicted molar refractivity (Wildman–Crippen MR) is 82.4 cm³/mol. The van der Waals surface area contributed by atoms with Crippen LogP contribution in [0.25, 0.3) is 33.5 Å². The summed E-state index contributed by atoms with van der Waals surface area (Å²) < 4.78 is 2.32. The van der Waals surface area contributed by atoms with E-state index in [1.807, 2.05) is 6.92 Å². The Kier molecular flexibility index (Phi) is 1.97. The number of H-pyrrole nitrogens is 1. The minimum atomic E-state index is 0.977. The number of aromatic amines is 1. The van der Waals surface area contributed by atoms with Crippen molar-refractivity contribution in [3.63, 3.8) is 0 Å². The van der Waals surface area contributed by atoms with E-state index in [-0.39, 0.29) is 0 Å². The number of hydrogen-bond donors (Lipinski definition) is 1. The second kappa shape index (κ2) is 3.73. The maximum Gasteiger partial charge on any atom is 0.0984 e. The van der Waals surface area contributed by atoms with Gasteiger partial charge in [-0.15, -0.1) is 0 Å². The van der Waals surface area contributed by atoms with E-state index in [4.69, 9.17) is 0 Å². The largest absolute Gasteiger partial charge is 0.353 e. The van der Waals surface area contributed by atoms with Crippen LogP contribution in [-0.4, -0.2) is 19.7 Å². The lowest BCUT2D eigenvalue weighted by molar-refractivity contribution is 0.681. The van der Waals surface area contributed by atoms with E-state index in [1.165, 1.54) is 27.9 Å². The summed E-state index contributed by atoms with van der Waals surface area (Å²) in [6.07, 6.45) is 3.25. The van der Waals surface area contributed by atoms with Crippen molar-refractivity contribution in [2.45, 2.75) is 19.9 Å². The van der Waals surface area contributed by atoms with Gasteiger partial charge in [0.15, 0.2) is 0 Å². The normalized spacial score (nSPS) is 13.6. The molecule has 1 aromatic carbocycles. The third kappa shape index (κ3) is 1.39. The van der Waals surface area contributed by atoms with Gasteiger partial charge in [-0.25, -0.2) is 0 Å². The first kappa shape index (κ1) is 11.1. The first-order chi connectivity index (χ1) is 10.3. The smallest absolute Gasteiger partial charge is 0.0984 e. The number of rotatable bonds is 0. The van der Waals surface area contributed by atoms with E-state index < -0.39 is 0 Å². The molecule has 1 N–H and O–H groups in total. The molecule has 3 aliphatic heterocycles. The maximum atomic E-state index is 4.28. The first-order valence-electron chi connectivity index (χ1n) is 7.24. The van der Waals surface area contributed by atoms with Crippen molar-refractivity contribution in [1.29, 1.82) is 0 Å². The van der Waals surface area contributed by atoms with Crippen LogP contribution in [0.2, 0.25) is 0 Å². The van der Waals surface area contributed by atoms with Gasteiger partial charge in [0.05, 0.1) is 22.8 Å². The Morgan fingerprint density at radius 3 is 3.05 bits per heavy atom. The number of hydrogen-bond acceptors (Lipinski definition) is 2. The van der Waals surface area contributed by atoms with Crippen LogP contribution < -0.4 is 0 Å². The topological polar surface area (TPSA) is 46.5 Å². The zero-order valence-electron chi connectivity index (χ0n) is 11.7. The Labute approximate surface area is 121 Å². The van der Waals surface area contributed by atoms with Gasteiger partial charge in [-0.3, -0.25) is 0 Å². The molecule has 4 nitrogen and oxygen atoms in total. The minimum Gasteiger partial charge on any atom is -0.353 e. The minimum absolute atomic E-state index is 0.977. The highest BCUT2D eigenvalue weighted by Crippen LogP contribution is 2.37. The third-order valence-corrected chi connectivity index (χ3v) is 4.51. The zero-order chi connectivity index (χ0) is 14.0. The molecule has 21 heavy (non-hydrogen) atoms. The Morgan fingerprint density at radius 1 is 1.19 bits per heavy atom.